The van der Waals surface area contributed by atoms with Gasteiger partial charge in [0.2, 0.25) is 0 Å². The van der Waals surface area contributed by atoms with E-state index in [4.69, 9.17) is 19.9 Å². The molecule has 38 heavy (non-hydrogen) atoms. The first kappa shape index (κ1) is 26.0. The summed E-state index contributed by atoms with van der Waals surface area (Å²) < 4.78 is 17.7. The third-order valence-electron chi connectivity index (χ3n) is 6.21. The van der Waals surface area contributed by atoms with Crippen molar-refractivity contribution in [3.05, 3.63) is 100 Å². The maximum absolute atomic E-state index is 13.1. The summed E-state index contributed by atoms with van der Waals surface area (Å²) in [5.74, 6) is -1.95. The Morgan fingerprint density at radius 1 is 1.05 bits per heavy atom. The molecule has 0 fully saturated rings. The van der Waals surface area contributed by atoms with Gasteiger partial charge in [-0.3, -0.25) is 9.58 Å². The molecule has 0 amide bonds. The van der Waals surface area contributed by atoms with E-state index in [0.717, 1.165) is 11.3 Å². The van der Waals surface area contributed by atoms with E-state index in [9.17, 15) is 14.9 Å². The lowest BCUT2D eigenvalue weighted by Crippen LogP contribution is -2.40. The van der Waals surface area contributed by atoms with E-state index in [2.05, 4.69) is 11.2 Å². The average Bonchev–Trinajstić information content (AvgIpc) is 3.27. The van der Waals surface area contributed by atoms with Crippen molar-refractivity contribution in [2.24, 2.45) is 12.8 Å². The molecule has 2 heterocycles. The zero-order valence-corrected chi connectivity index (χ0v) is 21.5. The van der Waals surface area contributed by atoms with Crippen LogP contribution in [0.25, 0.3) is 0 Å². The third-order valence-corrected chi connectivity index (χ3v) is 6.21. The number of benzene rings is 2. The summed E-state index contributed by atoms with van der Waals surface area (Å²) in [5, 5.41) is 14.4. The van der Waals surface area contributed by atoms with Gasteiger partial charge in [-0.1, -0.05) is 30.3 Å². The van der Waals surface area contributed by atoms with Crippen molar-refractivity contribution in [2.45, 2.75) is 19.4 Å². The molecule has 0 radical (unpaired) electrons. The predicted molar refractivity (Wildman–Crippen MR) is 138 cm³/mol. The van der Waals surface area contributed by atoms with Gasteiger partial charge in [-0.05, 0) is 36.8 Å². The predicted octanol–water partition coefficient (Wildman–Crippen LogP) is 3.21. The SMILES string of the molecule is COC(=O)C1=C(C(=O)OC)N(c2ccc(OCc3cn(C)nc3C)cc2)C(N)=C(C#N)C1c1ccccc1. The molecule has 0 saturated heterocycles. The maximum atomic E-state index is 13.1. The summed E-state index contributed by atoms with van der Waals surface area (Å²) in [6, 6.07) is 17.7. The van der Waals surface area contributed by atoms with Crippen molar-refractivity contribution in [1.82, 2.24) is 9.78 Å². The number of carbonyl (C=O) groups is 2. The number of carbonyl (C=O) groups excluding carboxylic acids is 2. The molecule has 0 bridgehead atoms. The van der Waals surface area contributed by atoms with E-state index < -0.39 is 17.9 Å². The molecule has 4 rings (SSSR count). The number of esters is 2. The van der Waals surface area contributed by atoms with Crippen LogP contribution in [-0.4, -0.2) is 35.9 Å². The number of methoxy groups -OCH3 is 2. The number of rotatable bonds is 7. The third kappa shape index (κ3) is 4.82. The van der Waals surface area contributed by atoms with Crippen LogP contribution in [0.4, 0.5) is 5.69 Å². The highest BCUT2D eigenvalue weighted by Gasteiger charge is 2.42. The van der Waals surface area contributed by atoms with Gasteiger partial charge in [0.25, 0.3) is 0 Å². The van der Waals surface area contributed by atoms with Gasteiger partial charge in [0.15, 0.2) is 0 Å². The molecule has 194 valence electrons. The van der Waals surface area contributed by atoms with Crippen LogP contribution in [0.15, 0.2) is 83.5 Å². The van der Waals surface area contributed by atoms with E-state index in [1.165, 1.54) is 19.1 Å². The summed E-state index contributed by atoms with van der Waals surface area (Å²) in [7, 11) is 4.26. The van der Waals surface area contributed by atoms with Crippen molar-refractivity contribution in [1.29, 1.82) is 5.26 Å². The fraction of sp³-hybridized carbons (Fsp3) is 0.214. The number of hydrogen-bond donors (Lipinski definition) is 1. The first-order chi connectivity index (χ1) is 18.3. The minimum Gasteiger partial charge on any atom is -0.489 e. The lowest BCUT2D eigenvalue weighted by molar-refractivity contribution is -0.139. The summed E-state index contributed by atoms with van der Waals surface area (Å²) >= 11 is 0. The lowest BCUT2D eigenvalue weighted by Gasteiger charge is -2.35. The fourth-order valence-electron chi connectivity index (χ4n) is 4.42. The Hall–Kier alpha value is -5.04. The van der Waals surface area contributed by atoms with Crippen molar-refractivity contribution in [2.75, 3.05) is 19.1 Å². The standard InChI is InChI=1S/C28H27N5O5/c1-17-19(15-32(2)31-17)16-38-21-12-10-20(11-13-21)33-25(28(35)37-4)24(27(34)36-3)23(22(14-29)26(33)30)18-8-6-5-7-9-18/h5-13,15,23H,16,30H2,1-4H3. The summed E-state index contributed by atoms with van der Waals surface area (Å²) in [6.45, 7) is 2.23. The molecule has 10 heteroatoms. The highest BCUT2D eigenvalue weighted by molar-refractivity contribution is 6.06. The molecule has 2 aromatic carbocycles. The topological polar surface area (TPSA) is 133 Å². The first-order valence-corrected chi connectivity index (χ1v) is 11.7. The molecule has 1 aromatic heterocycles. The van der Waals surface area contributed by atoms with Crippen LogP contribution in [-0.2, 0) is 32.7 Å². The summed E-state index contributed by atoms with van der Waals surface area (Å²) in [4.78, 5) is 27.6. The molecule has 0 spiro atoms. The van der Waals surface area contributed by atoms with Crippen LogP contribution in [0.2, 0.25) is 0 Å². The van der Waals surface area contributed by atoms with Crippen molar-refractivity contribution in [3.63, 3.8) is 0 Å². The minimum absolute atomic E-state index is 0.00550. The minimum atomic E-state index is -0.927. The number of nitrogens with two attached hydrogens (primary N) is 1. The van der Waals surface area contributed by atoms with Gasteiger partial charge in [-0.2, -0.15) is 10.4 Å². The van der Waals surface area contributed by atoms with Gasteiger partial charge in [-0.25, -0.2) is 9.59 Å². The van der Waals surface area contributed by atoms with Crippen molar-refractivity contribution >= 4 is 17.6 Å². The number of allylic oxidation sites excluding steroid dienone is 1. The number of hydrogen-bond acceptors (Lipinski definition) is 9. The molecule has 2 N–H and O–H groups in total. The van der Waals surface area contributed by atoms with Crippen molar-refractivity contribution < 1.29 is 23.8 Å². The largest absolute Gasteiger partial charge is 0.489 e. The Bertz CT molecular complexity index is 1470. The van der Waals surface area contributed by atoms with Crippen LogP contribution in [0.5, 0.6) is 5.75 Å². The van der Waals surface area contributed by atoms with Crippen LogP contribution >= 0.6 is 0 Å². The van der Waals surface area contributed by atoms with Crippen LogP contribution < -0.4 is 15.4 Å². The normalized spacial score (nSPS) is 15.2. The van der Waals surface area contributed by atoms with E-state index in [1.807, 2.05) is 20.2 Å². The summed E-state index contributed by atoms with van der Waals surface area (Å²) in [5.41, 5.74) is 9.27. The fourth-order valence-corrected chi connectivity index (χ4v) is 4.42. The van der Waals surface area contributed by atoms with E-state index in [1.54, 1.807) is 59.3 Å². The van der Waals surface area contributed by atoms with Gasteiger partial charge in [0, 0.05) is 24.5 Å². The van der Waals surface area contributed by atoms with Gasteiger partial charge < -0.3 is 19.9 Å². The zero-order valence-electron chi connectivity index (χ0n) is 21.5. The molecule has 1 aliphatic heterocycles. The molecule has 1 atom stereocenters. The molecule has 0 aliphatic carbocycles. The van der Waals surface area contributed by atoms with E-state index in [0.29, 0.717) is 23.6 Å². The quantitative estimate of drug-likeness (QED) is 0.473. The highest BCUT2D eigenvalue weighted by Crippen LogP contribution is 2.43. The van der Waals surface area contributed by atoms with E-state index in [-0.39, 0.29) is 22.7 Å². The van der Waals surface area contributed by atoms with Gasteiger partial charge in [0.1, 0.15) is 23.9 Å². The number of nitrogens with zero attached hydrogens (tertiary/aromatic N) is 4. The summed E-state index contributed by atoms with van der Waals surface area (Å²) in [6.07, 6.45) is 1.89. The Morgan fingerprint density at radius 3 is 2.26 bits per heavy atom. The smallest absolute Gasteiger partial charge is 0.355 e. The Kier molecular flexibility index (Phi) is 7.48. The monoisotopic (exact) mass is 513 g/mol. The molecular formula is C28H27N5O5. The first-order valence-electron chi connectivity index (χ1n) is 11.7. The molecular weight excluding hydrogens is 486 g/mol. The Balaban J connectivity index is 1.80. The maximum Gasteiger partial charge on any atom is 0.355 e. The highest BCUT2D eigenvalue weighted by atomic mass is 16.5. The number of aromatic nitrogens is 2. The van der Waals surface area contributed by atoms with Crippen LogP contribution in [0.3, 0.4) is 0 Å². The zero-order chi connectivity index (χ0) is 27.4. The second-order valence-electron chi connectivity index (χ2n) is 8.53. The number of aryl methyl sites for hydroxylation is 2. The van der Waals surface area contributed by atoms with Crippen LogP contribution in [0, 0.1) is 18.3 Å². The molecule has 0 saturated carbocycles. The Labute approximate surface area is 220 Å². The average molecular weight is 514 g/mol. The molecule has 3 aromatic rings. The number of ether oxygens (including phenoxy) is 3. The number of anilines is 1. The van der Waals surface area contributed by atoms with Crippen molar-refractivity contribution in [3.8, 4) is 11.8 Å². The van der Waals surface area contributed by atoms with Crippen LogP contribution in [0.1, 0.15) is 22.7 Å². The molecule has 1 aliphatic rings. The Morgan fingerprint density at radius 2 is 1.71 bits per heavy atom. The second-order valence-corrected chi connectivity index (χ2v) is 8.53. The second kappa shape index (κ2) is 10.9. The lowest BCUT2D eigenvalue weighted by atomic mass is 9.81. The molecule has 10 nitrogen and oxygen atoms in total. The van der Waals surface area contributed by atoms with Gasteiger partial charge >= 0.3 is 11.9 Å². The molecule has 1 unspecified atom stereocenters. The number of nitriles is 1. The van der Waals surface area contributed by atoms with Gasteiger partial charge in [-0.15, -0.1) is 0 Å². The van der Waals surface area contributed by atoms with E-state index >= 15 is 0 Å². The van der Waals surface area contributed by atoms with Gasteiger partial charge in [0.05, 0.1) is 43.0 Å².